The number of benzene rings is 1. The summed E-state index contributed by atoms with van der Waals surface area (Å²) in [5.41, 5.74) is 3.01. The molecule has 1 N–H and O–H groups in total. The minimum atomic E-state index is -0.289. The predicted octanol–water partition coefficient (Wildman–Crippen LogP) is 7.14. The molecule has 0 saturated heterocycles. The van der Waals surface area contributed by atoms with Gasteiger partial charge in [-0.2, -0.15) is 5.26 Å². The van der Waals surface area contributed by atoms with E-state index in [0.29, 0.717) is 18.1 Å². The lowest BCUT2D eigenvalue weighted by Gasteiger charge is -2.47. The van der Waals surface area contributed by atoms with Crippen molar-refractivity contribution in [2.75, 3.05) is 0 Å². The van der Waals surface area contributed by atoms with Gasteiger partial charge in [0.25, 0.3) is 0 Å². The van der Waals surface area contributed by atoms with Gasteiger partial charge in [-0.1, -0.05) is 58.1 Å². The van der Waals surface area contributed by atoms with Crippen LogP contribution in [-0.4, -0.2) is 10.7 Å². The summed E-state index contributed by atoms with van der Waals surface area (Å²) in [5.74, 6) is 1.73. The molecule has 29 heavy (non-hydrogen) atoms. The number of phenols is 1. The Kier molecular flexibility index (Phi) is 6.32. The van der Waals surface area contributed by atoms with Gasteiger partial charge in [0.05, 0.1) is 12.5 Å². The van der Waals surface area contributed by atoms with E-state index in [0.717, 1.165) is 36.1 Å². The van der Waals surface area contributed by atoms with E-state index < -0.39 is 0 Å². The fourth-order valence-electron chi connectivity index (χ4n) is 5.24. The summed E-state index contributed by atoms with van der Waals surface area (Å²) in [6, 6.07) is 6.44. The van der Waals surface area contributed by atoms with Gasteiger partial charge in [-0.05, 0) is 56.2 Å². The molecule has 2 aliphatic rings. The third-order valence-electron chi connectivity index (χ3n) is 7.13. The Morgan fingerprint density at radius 2 is 2.00 bits per heavy atom. The monoisotopic (exact) mass is 395 g/mol. The van der Waals surface area contributed by atoms with Crippen LogP contribution < -0.4 is 4.74 Å². The zero-order valence-electron chi connectivity index (χ0n) is 18.8. The molecule has 0 fully saturated rings. The Morgan fingerprint density at radius 1 is 1.24 bits per heavy atom. The summed E-state index contributed by atoms with van der Waals surface area (Å²) < 4.78 is 6.49. The van der Waals surface area contributed by atoms with E-state index in [2.05, 4.69) is 52.8 Å². The van der Waals surface area contributed by atoms with Gasteiger partial charge in [-0.15, -0.1) is 0 Å². The third kappa shape index (κ3) is 4.47. The summed E-state index contributed by atoms with van der Waals surface area (Å²) in [6.07, 6.45) is 10.5. The van der Waals surface area contributed by atoms with E-state index in [1.165, 1.54) is 31.3 Å². The highest BCUT2D eigenvalue weighted by molar-refractivity contribution is 5.54. The van der Waals surface area contributed by atoms with Crippen molar-refractivity contribution >= 4 is 0 Å². The fourth-order valence-corrected chi connectivity index (χ4v) is 5.24. The van der Waals surface area contributed by atoms with Crippen LogP contribution in [0.1, 0.15) is 103 Å². The maximum atomic E-state index is 11.1. The van der Waals surface area contributed by atoms with Crippen LogP contribution in [0.3, 0.4) is 0 Å². The molecular formula is C26H37NO2. The number of nitriles is 1. The molecule has 1 aliphatic carbocycles. The van der Waals surface area contributed by atoms with Crippen LogP contribution in [0.2, 0.25) is 0 Å². The number of unbranched alkanes of at least 4 members (excludes halogenated alkanes) is 3. The van der Waals surface area contributed by atoms with Crippen LogP contribution in [0.15, 0.2) is 23.8 Å². The summed E-state index contributed by atoms with van der Waals surface area (Å²) in [7, 11) is 0. The molecule has 3 nitrogen and oxygen atoms in total. The zero-order chi connectivity index (χ0) is 21.2. The van der Waals surface area contributed by atoms with Crippen molar-refractivity contribution in [3.63, 3.8) is 0 Å². The first-order valence-electron chi connectivity index (χ1n) is 11.3. The van der Waals surface area contributed by atoms with E-state index in [4.69, 9.17) is 10.00 Å². The molecule has 1 aromatic rings. The van der Waals surface area contributed by atoms with Crippen molar-refractivity contribution in [1.29, 1.82) is 5.26 Å². The maximum absolute atomic E-state index is 11.1. The largest absolute Gasteiger partial charge is 0.508 e. The topological polar surface area (TPSA) is 53.2 Å². The van der Waals surface area contributed by atoms with E-state index >= 15 is 0 Å². The smallest absolute Gasteiger partial charge is 0.127 e. The molecule has 0 aromatic heterocycles. The first-order chi connectivity index (χ1) is 13.7. The van der Waals surface area contributed by atoms with Crippen LogP contribution in [-0.2, 0) is 5.41 Å². The van der Waals surface area contributed by atoms with E-state index in [9.17, 15) is 5.11 Å². The fraction of sp³-hybridized carbons (Fsp3) is 0.654. The number of hydrogen-bond donors (Lipinski definition) is 1. The van der Waals surface area contributed by atoms with Crippen molar-refractivity contribution in [2.24, 2.45) is 5.92 Å². The van der Waals surface area contributed by atoms with Gasteiger partial charge in [-0.25, -0.2) is 0 Å². The quantitative estimate of drug-likeness (QED) is 0.394. The Hall–Kier alpha value is -1.95. The highest BCUT2D eigenvalue weighted by Crippen LogP contribution is 2.55. The second-order valence-electron chi connectivity index (χ2n) is 10.2. The van der Waals surface area contributed by atoms with Crippen LogP contribution >= 0.6 is 0 Å². The normalized spacial score (nSPS) is 22.7. The minimum absolute atomic E-state index is 0.00301. The highest BCUT2D eigenvalue weighted by atomic mass is 16.5. The molecule has 1 aliphatic heterocycles. The third-order valence-corrected chi connectivity index (χ3v) is 7.13. The summed E-state index contributed by atoms with van der Waals surface area (Å²) >= 11 is 0. The molecule has 158 valence electrons. The number of fused-ring (bicyclic) bond motifs is 3. The van der Waals surface area contributed by atoms with Gasteiger partial charge in [0.15, 0.2) is 0 Å². The summed E-state index contributed by atoms with van der Waals surface area (Å²) in [4.78, 5) is 0. The lowest BCUT2D eigenvalue weighted by Crippen LogP contribution is -2.45. The van der Waals surface area contributed by atoms with Crippen LogP contribution in [0, 0.1) is 17.2 Å². The van der Waals surface area contributed by atoms with Crippen molar-refractivity contribution in [2.45, 2.75) is 103 Å². The van der Waals surface area contributed by atoms with Gasteiger partial charge in [0, 0.05) is 17.4 Å². The number of allylic oxidation sites excluding steroid dienone is 2. The summed E-state index contributed by atoms with van der Waals surface area (Å²) in [6.45, 7) is 11.1. The first kappa shape index (κ1) is 21.8. The number of phenolic OH excluding ortho intramolecular Hbond substituents is 1. The molecule has 1 aromatic carbocycles. The standard InChI is InChI=1S/C26H37NO2/c1-6-7-8-9-13-25(2,3)19-16-22(28)24-20-15-18(12-14-27)10-11-21(20)26(4,5)29-23(24)17-19/h10,16-17,20-21,28H,6-9,11-13,15H2,1-5H3/t20-,21?/m0/s1. The number of aromatic hydroxyl groups is 1. The predicted molar refractivity (Wildman–Crippen MR) is 118 cm³/mol. The lowest BCUT2D eigenvalue weighted by atomic mass is 9.66. The molecule has 0 spiro atoms. The molecule has 3 heteroatoms. The van der Waals surface area contributed by atoms with Crippen LogP contribution in [0.4, 0.5) is 0 Å². The lowest BCUT2D eigenvalue weighted by molar-refractivity contribution is 0.00728. The van der Waals surface area contributed by atoms with Gasteiger partial charge < -0.3 is 9.84 Å². The number of ether oxygens (including phenoxy) is 1. The number of nitrogens with zero attached hydrogens (tertiary/aromatic N) is 1. The minimum Gasteiger partial charge on any atom is -0.508 e. The Balaban J connectivity index is 1.93. The Bertz CT molecular complexity index is 813. The van der Waals surface area contributed by atoms with Gasteiger partial charge in [0.2, 0.25) is 0 Å². The molecule has 3 rings (SSSR count). The zero-order valence-corrected chi connectivity index (χ0v) is 18.8. The molecule has 0 radical (unpaired) electrons. The van der Waals surface area contributed by atoms with Crippen molar-refractivity contribution < 1.29 is 9.84 Å². The molecular weight excluding hydrogens is 358 g/mol. The highest BCUT2D eigenvalue weighted by Gasteiger charge is 2.46. The molecule has 0 bridgehead atoms. The number of rotatable bonds is 7. The Labute approximate surface area is 176 Å². The van der Waals surface area contributed by atoms with E-state index in [1.54, 1.807) is 0 Å². The van der Waals surface area contributed by atoms with Crippen molar-refractivity contribution in [3.8, 4) is 17.6 Å². The average Bonchev–Trinajstić information content (AvgIpc) is 2.64. The molecule has 0 saturated carbocycles. The molecule has 1 heterocycles. The van der Waals surface area contributed by atoms with Gasteiger partial charge in [0.1, 0.15) is 17.1 Å². The maximum Gasteiger partial charge on any atom is 0.127 e. The molecule has 2 atom stereocenters. The SMILES string of the molecule is CCCCCCC(C)(C)c1cc(O)c2c(c1)OC(C)(C)C1CC=C(CC#N)C[C@H]21. The van der Waals surface area contributed by atoms with Crippen LogP contribution in [0.5, 0.6) is 11.5 Å². The average molecular weight is 396 g/mol. The Morgan fingerprint density at radius 3 is 2.69 bits per heavy atom. The summed E-state index contributed by atoms with van der Waals surface area (Å²) in [5, 5.41) is 20.2. The second-order valence-corrected chi connectivity index (χ2v) is 10.2. The van der Waals surface area contributed by atoms with E-state index in [-0.39, 0.29) is 16.9 Å². The van der Waals surface area contributed by atoms with E-state index in [1.807, 2.05) is 6.07 Å². The van der Waals surface area contributed by atoms with Gasteiger partial charge >= 0.3 is 0 Å². The van der Waals surface area contributed by atoms with Crippen molar-refractivity contribution in [3.05, 3.63) is 34.9 Å². The first-order valence-corrected chi connectivity index (χ1v) is 11.3. The molecule has 1 unspecified atom stereocenters. The van der Waals surface area contributed by atoms with Gasteiger partial charge in [-0.3, -0.25) is 0 Å². The number of hydrogen-bond acceptors (Lipinski definition) is 3. The molecule has 0 amide bonds. The van der Waals surface area contributed by atoms with Crippen molar-refractivity contribution in [1.82, 2.24) is 0 Å². The second kappa shape index (κ2) is 8.42. The van der Waals surface area contributed by atoms with Crippen LogP contribution in [0.25, 0.3) is 0 Å².